The van der Waals surface area contributed by atoms with Crippen LogP contribution >= 0.6 is 0 Å². The van der Waals surface area contributed by atoms with Gasteiger partial charge in [-0.25, -0.2) is 8.42 Å². The third kappa shape index (κ3) is 3.83. The van der Waals surface area contributed by atoms with Crippen molar-refractivity contribution in [1.82, 2.24) is 0 Å². The number of sulfonamides is 1. The molecule has 1 aromatic carbocycles. The maximum absolute atomic E-state index is 11.2. The summed E-state index contributed by atoms with van der Waals surface area (Å²) < 4.78 is 35.8. The zero-order chi connectivity index (χ0) is 13.6. The van der Waals surface area contributed by atoms with Crippen LogP contribution in [0.25, 0.3) is 10.4 Å². The normalized spacial score (nSPS) is 14.6. The van der Waals surface area contributed by atoms with E-state index < -0.39 is 24.5 Å². The molecule has 0 aliphatic carbocycles. The number of hydrogen-bond donors (Lipinski definition) is 0. The van der Waals surface area contributed by atoms with Crippen molar-refractivity contribution in [3.63, 3.8) is 0 Å². The lowest BCUT2D eigenvalue weighted by Gasteiger charge is -2.24. The van der Waals surface area contributed by atoms with Crippen LogP contribution in [-0.4, -0.2) is 30.0 Å². The molecule has 0 fully saturated rings. The Morgan fingerprint density at radius 2 is 2.00 bits per heavy atom. The van der Waals surface area contributed by atoms with E-state index in [0.717, 1.165) is 5.19 Å². The molecule has 1 rings (SSSR count). The molecule has 0 amide bonds. The summed E-state index contributed by atoms with van der Waals surface area (Å²) in [5.74, 6) is -0.692. The fraction of sp³-hybridized carbons (Fsp3) is 0.333. The maximum atomic E-state index is 11.2. The minimum absolute atomic E-state index is 0.692. The van der Waals surface area contributed by atoms with Crippen molar-refractivity contribution in [2.24, 2.45) is 4.52 Å². The van der Waals surface area contributed by atoms with E-state index in [1.54, 1.807) is 18.7 Å². The quantitative estimate of drug-likeness (QED) is 0.340. The van der Waals surface area contributed by atoms with Crippen LogP contribution in [0.3, 0.4) is 0 Å². The molecule has 98 valence electrons. The lowest BCUT2D eigenvalue weighted by molar-refractivity contribution is 0.250. The lowest BCUT2D eigenvalue weighted by Crippen LogP contribution is -2.50. The van der Waals surface area contributed by atoms with Gasteiger partial charge in [-0.15, -0.1) is 0 Å². The molecule has 0 heterocycles. The summed E-state index contributed by atoms with van der Waals surface area (Å²) in [5, 5.41) is 0.795. The van der Waals surface area contributed by atoms with Crippen LogP contribution in [0, 0.1) is 0 Å². The van der Waals surface area contributed by atoms with Gasteiger partial charge in [0.1, 0.15) is 5.94 Å². The van der Waals surface area contributed by atoms with E-state index >= 15 is 0 Å². The van der Waals surface area contributed by atoms with Gasteiger partial charge < -0.3 is 8.85 Å². The Hall–Kier alpha value is -1.38. The van der Waals surface area contributed by atoms with Crippen molar-refractivity contribution >= 4 is 23.8 Å². The molecule has 1 unspecified atom stereocenters. The summed E-state index contributed by atoms with van der Waals surface area (Å²) in [4.78, 5) is 2.24. The van der Waals surface area contributed by atoms with Gasteiger partial charge in [0.05, 0.1) is 0 Å². The molecule has 0 saturated heterocycles. The Labute approximate surface area is 106 Å². The SMILES string of the molecule is CO[Si](C)(OCS(=O)(=O)N=[N+]=[N-])c1ccccc1. The van der Waals surface area contributed by atoms with Crippen molar-refractivity contribution in [2.75, 3.05) is 13.0 Å². The third-order valence-electron chi connectivity index (χ3n) is 2.33. The van der Waals surface area contributed by atoms with Gasteiger partial charge in [0, 0.05) is 16.5 Å². The van der Waals surface area contributed by atoms with Gasteiger partial charge >= 0.3 is 8.56 Å². The van der Waals surface area contributed by atoms with Crippen LogP contribution < -0.4 is 5.19 Å². The monoisotopic (exact) mass is 287 g/mol. The van der Waals surface area contributed by atoms with Gasteiger partial charge in [0.15, 0.2) is 0 Å². The average Bonchev–Trinajstić information content (AvgIpc) is 2.37. The van der Waals surface area contributed by atoms with Crippen LogP contribution in [-0.2, 0) is 18.9 Å². The highest BCUT2D eigenvalue weighted by Gasteiger charge is 2.34. The first-order valence-corrected chi connectivity index (χ1v) is 8.90. The Morgan fingerprint density at radius 3 is 2.50 bits per heavy atom. The number of nitrogens with zero attached hydrogens (tertiary/aromatic N) is 3. The minimum Gasteiger partial charge on any atom is -0.394 e. The summed E-state index contributed by atoms with van der Waals surface area (Å²) in [7, 11) is -5.29. The van der Waals surface area contributed by atoms with E-state index in [1.165, 1.54) is 7.11 Å². The Bertz CT molecular complexity index is 544. The molecular weight excluding hydrogens is 274 g/mol. The lowest BCUT2D eigenvalue weighted by atomic mass is 10.4. The summed E-state index contributed by atoms with van der Waals surface area (Å²) in [6.07, 6.45) is 0. The average molecular weight is 287 g/mol. The van der Waals surface area contributed by atoms with E-state index in [4.69, 9.17) is 14.4 Å². The predicted octanol–water partition coefficient (Wildman–Crippen LogP) is 1.23. The van der Waals surface area contributed by atoms with Crippen LogP contribution in [0.5, 0.6) is 0 Å². The number of hydrogen-bond acceptors (Lipinski definition) is 4. The molecule has 9 heteroatoms. The smallest absolute Gasteiger partial charge is 0.369 e. The molecule has 0 saturated carbocycles. The number of rotatable bonds is 6. The van der Waals surface area contributed by atoms with Gasteiger partial charge in [-0.1, -0.05) is 30.3 Å². The highest BCUT2D eigenvalue weighted by molar-refractivity contribution is 7.89. The molecule has 7 nitrogen and oxygen atoms in total. The van der Waals surface area contributed by atoms with Gasteiger partial charge in [0.25, 0.3) is 10.0 Å². The summed E-state index contributed by atoms with van der Waals surface area (Å²) in [6.45, 7) is 1.72. The fourth-order valence-electron chi connectivity index (χ4n) is 1.27. The zero-order valence-electron chi connectivity index (χ0n) is 9.98. The van der Waals surface area contributed by atoms with Gasteiger partial charge in [0.2, 0.25) is 0 Å². The van der Waals surface area contributed by atoms with Crippen molar-refractivity contribution in [3.8, 4) is 0 Å². The largest absolute Gasteiger partial charge is 0.394 e. The second kappa shape index (κ2) is 5.98. The predicted molar refractivity (Wildman–Crippen MR) is 68.7 cm³/mol. The van der Waals surface area contributed by atoms with E-state index in [-0.39, 0.29) is 0 Å². The number of benzene rings is 1. The summed E-state index contributed by atoms with van der Waals surface area (Å²) >= 11 is 0. The topological polar surface area (TPSA) is 101 Å². The van der Waals surface area contributed by atoms with Gasteiger partial charge in [-0.2, -0.15) is 0 Å². The van der Waals surface area contributed by atoms with Crippen molar-refractivity contribution < 1.29 is 17.3 Å². The Morgan fingerprint density at radius 1 is 1.39 bits per heavy atom. The molecule has 0 aromatic heterocycles. The first kappa shape index (κ1) is 14.7. The minimum atomic E-state index is -3.94. The highest BCUT2D eigenvalue weighted by Crippen LogP contribution is 2.09. The van der Waals surface area contributed by atoms with Crippen LogP contribution in [0.4, 0.5) is 0 Å². The molecule has 18 heavy (non-hydrogen) atoms. The standard InChI is InChI=1S/C9H13N3O4SSi/c1-15-18(2,9-6-4-3-5-7-9)16-8-17(13,14)12-11-10/h3-7H,8H2,1-2H3. The van der Waals surface area contributed by atoms with Crippen molar-refractivity contribution in [2.45, 2.75) is 6.55 Å². The Kier molecular flexibility index (Phi) is 4.88. The van der Waals surface area contributed by atoms with E-state index in [0.29, 0.717) is 0 Å². The maximum Gasteiger partial charge on any atom is 0.369 e. The van der Waals surface area contributed by atoms with Crippen molar-refractivity contribution in [3.05, 3.63) is 40.8 Å². The molecule has 0 bridgehead atoms. The molecule has 0 N–H and O–H groups in total. The first-order valence-electron chi connectivity index (χ1n) is 4.97. The van der Waals surface area contributed by atoms with Crippen molar-refractivity contribution in [1.29, 1.82) is 0 Å². The molecule has 0 aliphatic heterocycles. The summed E-state index contributed by atoms with van der Waals surface area (Å²) in [5.41, 5.74) is 8.11. The Balaban J connectivity index is 2.89. The van der Waals surface area contributed by atoms with Gasteiger partial charge in [-0.05, 0) is 17.3 Å². The molecule has 1 aromatic rings. The number of azide groups is 1. The highest BCUT2D eigenvalue weighted by atomic mass is 32.2. The van der Waals surface area contributed by atoms with Crippen LogP contribution in [0.15, 0.2) is 34.9 Å². The van der Waals surface area contributed by atoms with E-state index in [2.05, 4.69) is 9.43 Å². The van der Waals surface area contributed by atoms with Crippen LogP contribution in [0.1, 0.15) is 0 Å². The second-order valence-corrected chi connectivity index (χ2v) is 8.26. The molecule has 0 radical (unpaired) electrons. The molecule has 1 atom stereocenters. The third-order valence-corrected chi connectivity index (χ3v) is 6.13. The van der Waals surface area contributed by atoms with Crippen LogP contribution in [0.2, 0.25) is 6.55 Å². The van der Waals surface area contributed by atoms with Gasteiger partial charge in [-0.3, -0.25) is 0 Å². The molecule has 0 aliphatic rings. The van der Waals surface area contributed by atoms with E-state index in [9.17, 15) is 8.42 Å². The summed E-state index contributed by atoms with van der Waals surface area (Å²) in [6, 6.07) is 9.06. The van der Waals surface area contributed by atoms with E-state index in [1.807, 2.05) is 18.2 Å². The zero-order valence-corrected chi connectivity index (χ0v) is 11.8. The second-order valence-electron chi connectivity index (χ2n) is 3.53. The molecule has 0 spiro atoms. The molecular formula is C9H13N3O4SSi. The fourth-order valence-corrected chi connectivity index (χ4v) is 4.24. The first-order chi connectivity index (χ1) is 8.43.